The maximum Gasteiger partial charge on any atom is 0.332 e. The van der Waals surface area contributed by atoms with Gasteiger partial charge in [0.05, 0.1) is 0 Å². The number of rotatable bonds is 6. The molecule has 0 saturated heterocycles. The Balaban J connectivity index is -0.000000449. The third-order valence-electron chi connectivity index (χ3n) is 1.34. The summed E-state index contributed by atoms with van der Waals surface area (Å²) in [5.41, 5.74) is 0. The van der Waals surface area contributed by atoms with Gasteiger partial charge in [0.25, 0.3) is 0 Å². The predicted octanol–water partition coefficient (Wildman–Crippen LogP) is 1.18. The molecule has 86 valence electrons. The molecular weight excluding hydrogens is 451 g/mol. The zero-order valence-electron chi connectivity index (χ0n) is 9.52. The van der Waals surface area contributed by atoms with Crippen LogP contribution in [0.15, 0.2) is 12.2 Å². The second-order valence-electron chi connectivity index (χ2n) is 2.43. The molecule has 1 atom stereocenters. The molecule has 0 radical (unpaired) electrons. The van der Waals surface area contributed by atoms with Gasteiger partial charge in [-0.1, -0.05) is 26.0 Å². The summed E-state index contributed by atoms with van der Waals surface area (Å²) in [5.74, 6) is -1.21. The minimum Gasteiger partial charge on any atom is -0.479 e. The van der Waals surface area contributed by atoms with E-state index in [1.165, 1.54) is 0 Å². The molecule has 4 nitrogen and oxygen atoms in total. The molecule has 0 amide bonds. The van der Waals surface area contributed by atoms with Crippen LogP contribution in [-0.2, 0) is 4.79 Å². The van der Waals surface area contributed by atoms with E-state index < -0.39 is 12.1 Å². The van der Waals surface area contributed by atoms with Crippen molar-refractivity contribution >= 4 is 5.97 Å². The second kappa shape index (κ2) is 14.6. The zero-order chi connectivity index (χ0) is 11.4. The summed E-state index contributed by atoms with van der Waals surface area (Å²) in [6.45, 7) is 4.13. The number of aliphatic hydroxyl groups excluding tert-OH is 2. The molecule has 0 heterocycles. The molecule has 0 aromatic heterocycles. The smallest absolute Gasteiger partial charge is 0.332 e. The van der Waals surface area contributed by atoms with E-state index in [4.69, 9.17) is 15.3 Å². The molecule has 0 bridgehead atoms. The van der Waals surface area contributed by atoms with Gasteiger partial charge in [0.1, 0.15) is 0 Å². The number of aliphatic carboxylic acids is 1. The fourth-order valence-electron chi connectivity index (χ4n) is 0.653. The average Bonchev–Trinajstić information content (AvgIpc) is 2.20. The van der Waals surface area contributed by atoms with E-state index >= 15 is 0 Å². The molecule has 0 aliphatic rings. The van der Waals surface area contributed by atoms with Crippen LogP contribution in [0.4, 0.5) is 0 Å². The Morgan fingerprint density at radius 3 is 2.27 bits per heavy atom. The largest absolute Gasteiger partial charge is 0.479 e. The van der Waals surface area contributed by atoms with Crippen LogP contribution in [0.1, 0.15) is 33.1 Å². The van der Waals surface area contributed by atoms with Gasteiger partial charge in [-0.05, 0) is 12.8 Å². The normalized spacial score (nSPS) is 11.2. The number of carbonyl (C=O) groups is 1. The first-order chi connectivity index (χ1) is 6.68. The van der Waals surface area contributed by atoms with E-state index in [-0.39, 0.29) is 13.0 Å². The first-order valence-electron chi connectivity index (χ1n) is 4.85. The number of unbranched alkanes of at least 4 members (excludes halogenated alkanes) is 1. The fourth-order valence-corrected chi connectivity index (χ4v) is 0.653. The van der Waals surface area contributed by atoms with Crippen molar-refractivity contribution in [2.45, 2.75) is 39.2 Å². The molecule has 0 aromatic rings. The van der Waals surface area contributed by atoms with Crippen LogP contribution >= 0.6 is 0 Å². The minimum absolute atomic E-state index is 0. The van der Waals surface area contributed by atoms with Gasteiger partial charge in [-0.2, -0.15) is 0 Å². The van der Waals surface area contributed by atoms with Crippen molar-refractivity contribution in [3.63, 3.8) is 0 Å². The van der Waals surface area contributed by atoms with Gasteiger partial charge in [-0.15, -0.1) is 0 Å². The summed E-state index contributed by atoms with van der Waals surface area (Å²) in [6.07, 6.45) is 3.55. The topological polar surface area (TPSA) is 77.8 Å². The van der Waals surface area contributed by atoms with Gasteiger partial charge in [-0.3, -0.25) is 0 Å². The van der Waals surface area contributed by atoms with Crippen LogP contribution in [0.25, 0.3) is 0 Å². The Hall–Kier alpha value is -1.87. The average molecular weight is 471 g/mol. The summed E-state index contributed by atoms with van der Waals surface area (Å²) in [5, 5.41) is 25.4. The van der Waals surface area contributed by atoms with E-state index in [0.717, 1.165) is 0 Å². The molecule has 15 heavy (non-hydrogen) atoms. The van der Waals surface area contributed by atoms with E-state index in [0.29, 0.717) is 12.8 Å². The van der Waals surface area contributed by atoms with Gasteiger partial charge in [0.2, 0.25) is 0 Å². The number of aliphatic hydroxyl groups is 2. The number of hydrogen-bond acceptors (Lipinski definition) is 3. The number of allylic oxidation sites excluding steroid dienone is 1. The van der Waals surface area contributed by atoms with Gasteiger partial charge in [0.15, 0.2) is 6.10 Å². The van der Waals surface area contributed by atoms with Gasteiger partial charge in [-0.25, -0.2) is 4.79 Å². The first kappa shape index (κ1) is 18.8. The molecule has 0 spiro atoms. The number of carboxylic acids is 1. The summed E-state index contributed by atoms with van der Waals surface area (Å²) in [4.78, 5) is 10.1. The molecular formula is C10H20O4Rf. The summed E-state index contributed by atoms with van der Waals surface area (Å²) >= 11 is 0. The molecule has 0 saturated carbocycles. The Labute approximate surface area is 84.9 Å². The Bertz CT molecular complexity index is 160. The molecule has 5 heteroatoms. The molecule has 0 unspecified atom stereocenters. The van der Waals surface area contributed by atoms with Gasteiger partial charge < -0.3 is 15.3 Å². The quantitative estimate of drug-likeness (QED) is 0.402. The van der Waals surface area contributed by atoms with Gasteiger partial charge >= 0.3 is 5.97 Å². The van der Waals surface area contributed by atoms with E-state index in [1.54, 1.807) is 12.2 Å². The van der Waals surface area contributed by atoms with Crippen LogP contribution in [0.5, 0.6) is 0 Å². The van der Waals surface area contributed by atoms with Crippen molar-refractivity contribution < 1.29 is 20.1 Å². The summed E-state index contributed by atoms with van der Waals surface area (Å²) in [6, 6.07) is 0. The maximum atomic E-state index is 10.1. The second-order valence-corrected chi connectivity index (χ2v) is 2.43. The molecule has 0 fully saturated rings. The number of hydrogen-bond donors (Lipinski definition) is 3. The first-order valence-corrected chi connectivity index (χ1v) is 4.85. The van der Waals surface area contributed by atoms with E-state index in [9.17, 15) is 4.79 Å². The Morgan fingerprint density at radius 1 is 1.33 bits per heavy atom. The third-order valence-corrected chi connectivity index (χ3v) is 1.34. The Kier molecular flexibility index (Phi) is 18.4. The standard InChI is InChI=1S/C8H14O4.C2H6.Rf/c9-6-4-2-1-3-5-7(10)8(11)12;1-2;/h1,3,7,9-10H,2,4-6H2,(H,11,12);1-2H3;/b3-1+;;/t7-;;/m1../s1. The minimum atomic E-state index is -1.31. The van der Waals surface area contributed by atoms with Crippen LogP contribution < -0.4 is 0 Å². The van der Waals surface area contributed by atoms with Gasteiger partial charge in [0, 0.05) is 13.0 Å². The van der Waals surface area contributed by atoms with E-state index in [2.05, 4.69) is 0 Å². The predicted molar refractivity (Wildman–Crippen MR) is 55.1 cm³/mol. The van der Waals surface area contributed by atoms with Crippen molar-refractivity contribution in [2.75, 3.05) is 6.61 Å². The van der Waals surface area contributed by atoms with Crippen molar-refractivity contribution in [3.8, 4) is 0 Å². The SMILES string of the molecule is CC.O=C(O)[C@H](O)C/C=C/CCCO.[Rf]. The van der Waals surface area contributed by atoms with Crippen LogP contribution in [-0.4, -0.2) is 34.0 Å². The van der Waals surface area contributed by atoms with Crippen molar-refractivity contribution in [2.24, 2.45) is 0 Å². The monoisotopic (exact) mass is 471 g/mol. The Morgan fingerprint density at radius 2 is 1.87 bits per heavy atom. The molecule has 0 aromatic carbocycles. The third kappa shape index (κ3) is 14.9. The summed E-state index contributed by atoms with van der Waals surface area (Å²) in [7, 11) is 0. The molecule has 0 aliphatic heterocycles. The fraction of sp³-hybridized carbons (Fsp3) is 0.700. The van der Waals surface area contributed by atoms with Crippen molar-refractivity contribution in [3.05, 3.63) is 12.2 Å². The molecule has 0 aliphatic carbocycles. The number of carboxylic acid groups (broad SMARTS) is 1. The van der Waals surface area contributed by atoms with Crippen LogP contribution in [0.2, 0.25) is 0 Å². The molecule has 3 N–H and O–H groups in total. The van der Waals surface area contributed by atoms with Crippen molar-refractivity contribution in [1.82, 2.24) is 0 Å². The maximum absolute atomic E-state index is 10.1. The summed E-state index contributed by atoms with van der Waals surface area (Å²) < 4.78 is 0. The van der Waals surface area contributed by atoms with E-state index in [1.807, 2.05) is 13.8 Å². The zero-order valence-corrected chi connectivity index (χ0v) is 15.9. The molecule has 0 rings (SSSR count). The van der Waals surface area contributed by atoms with Crippen LogP contribution in [0.3, 0.4) is 0 Å². The van der Waals surface area contributed by atoms with Crippen LogP contribution in [0, 0.1) is 0 Å². The van der Waals surface area contributed by atoms with Crippen molar-refractivity contribution in [1.29, 1.82) is 0 Å².